The zero-order chi connectivity index (χ0) is 26.5. The van der Waals surface area contributed by atoms with Crippen LogP contribution >= 0.6 is 22.9 Å². The van der Waals surface area contributed by atoms with E-state index in [9.17, 15) is 0 Å². The molecule has 9 nitrogen and oxygen atoms in total. The third-order valence-corrected chi connectivity index (χ3v) is 7.97. The van der Waals surface area contributed by atoms with Crippen LogP contribution in [0.15, 0.2) is 58.8 Å². The zero-order valence-corrected chi connectivity index (χ0v) is 23.7. The van der Waals surface area contributed by atoms with Gasteiger partial charge in [-0.15, -0.1) is 10.2 Å². The first-order valence-corrected chi connectivity index (χ1v) is 14.4. The summed E-state index contributed by atoms with van der Waals surface area (Å²) in [6, 6.07) is 16.5. The van der Waals surface area contributed by atoms with Crippen LogP contribution in [0, 0.1) is 13.8 Å². The number of thiophene rings is 1. The molecule has 0 radical (unpaired) electrons. The Kier molecular flexibility index (Phi) is 8.04. The number of nitrogens with one attached hydrogen (secondary N) is 4. The van der Waals surface area contributed by atoms with Gasteiger partial charge in [-0.3, -0.25) is 5.43 Å². The summed E-state index contributed by atoms with van der Waals surface area (Å²) < 4.78 is 4.32. The van der Waals surface area contributed by atoms with Crippen LogP contribution < -0.4 is 26.6 Å². The van der Waals surface area contributed by atoms with Crippen molar-refractivity contribution in [2.24, 2.45) is 10.2 Å². The molecule has 4 aromatic rings. The Labute approximate surface area is 231 Å². The molecule has 0 aliphatic carbocycles. The van der Waals surface area contributed by atoms with Crippen molar-refractivity contribution in [3.63, 3.8) is 0 Å². The van der Waals surface area contributed by atoms with Crippen molar-refractivity contribution in [3.8, 4) is 0 Å². The van der Waals surface area contributed by atoms with E-state index in [4.69, 9.17) is 0 Å². The number of nitrogens with zero attached hydrogens (tertiary/aromatic N) is 5. The SMILES string of the molecule is Cc1cc(NNc2ccc(NNc3ccc(N4CCCC4)s3)cc2C)ccc1N=Nc1nc(C(C)C)ns1. The third kappa shape index (κ3) is 6.40. The molecule has 0 saturated carbocycles. The Morgan fingerprint density at radius 3 is 2.29 bits per heavy atom. The van der Waals surface area contributed by atoms with E-state index >= 15 is 0 Å². The van der Waals surface area contributed by atoms with Crippen LogP contribution in [0.2, 0.25) is 0 Å². The minimum absolute atomic E-state index is 0.279. The highest BCUT2D eigenvalue weighted by molar-refractivity contribution is 7.20. The summed E-state index contributed by atoms with van der Waals surface area (Å²) in [6.45, 7) is 10.5. The van der Waals surface area contributed by atoms with Crippen molar-refractivity contribution in [1.29, 1.82) is 0 Å². The summed E-state index contributed by atoms with van der Waals surface area (Å²) >= 11 is 3.05. The summed E-state index contributed by atoms with van der Waals surface area (Å²) in [4.78, 5) is 6.86. The van der Waals surface area contributed by atoms with Crippen molar-refractivity contribution >= 4 is 60.8 Å². The van der Waals surface area contributed by atoms with Gasteiger partial charge in [-0.1, -0.05) is 25.2 Å². The second-order valence-electron chi connectivity index (χ2n) is 9.65. The van der Waals surface area contributed by atoms with Crippen LogP contribution in [0.1, 0.15) is 49.6 Å². The zero-order valence-electron chi connectivity index (χ0n) is 22.1. The number of rotatable bonds is 10. The standard InChI is InChI=1S/C27H33N9S2/c1-17(2)26-28-27(38-35-26)34-32-23-10-7-20(15-19(23)4)29-31-22-9-8-21(16-18(22)3)30-33-24-11-12-25(37-24)36-13-5-6-14-36/h7-12,15-17,29-31,33H,5-6,13-14H2,1-4H3. The molecule has 1 aliphatic heterocycles. The van der Waals surface area contributed by atoms with Gasteiger partial charge in [0.05, 0.1) is 27.8 Å². The molecule has 0 amide bonds. The molecule has 3 heterocycles. The number of hydrogen-bond acceptors (Lipinski definition) is 11. The van der Waals surface area contributed by atoms with Gasteiger partial charge in [-0.05, 0) is 86.3 Å². The summed E-state index contributed by atoms with van der Waals surface area (Å²) in [5.41, 5.74) is 19.1. The van der Waals surface area contributed by atoms with E-state index in [-0.39, 0.29) is 5.92 Å². The molecule has 1 fully saturated rings. The van der Waals surface area contributed by atoms with Crippen molar-refractivity contribution < 1.29 is 0 Å². The van der Waals surface area contributed by atoms with Gasteiger partial charge in [-0.25, -0.2) is 0 Å². The van der Waals surface area contributed by atoms with Crippen molar-refractivity contribution in [3.05, 3.63) is 65.5 Å². The minimum atomic E-state index is 0.279. The Hall–Kier alpha value is -3.70. The van der Waals surface area contributed by atoms with Crippen molar-refractivity contribution in [2.75, 3.05) is 39.7 Å². The van der Waals surface area contributed by atoms with Crippen molar-refractivity contribution in [2.45, 2.75) is 46.5 Å². The van der Waals surface area contributed by atoms with Gasteiger partial charge in [-0.2, -0.15) is 9.36 Å². The largest absolute Gasteiger partial charge is 0.363 e. The highest BCUT2D eigenvalue weighted by Crippen LogP contribution is 2.32. The monoisotopic (exact) mass is 547 g/mol. The minimum Gasteiger partial charge on any atom is -0.363 e. The quantitative estimate of drug-likeness (QED) is 0.117. The molecule has 1 aliphatic rings. The lowest BCUT2D eigenvalue weighted by Gasteiger charge is -2.15. The van der Waals surface area contributed by atoms with Gasteiger partial charge in [0.15, 0.2) is 0 Å². The van der Waals surface area contributed by atoms with Gasteiger partial charge in [0.1, 0.15) is 10.8 Å². The molecule has 1 saturated heterocycles. The molecule has 4 N–H and O–H groups in total. The molecular formula is C27H33N9S2. The number of azo groups is 1. The molecular weight excluding hydrogens is 514 g/mol. The molecule has 198 valence electrons. The smallest absolute Gasteiger partial charge is 0.249 e. The fourth-order valence-electron chi connectivity index (χ4n) is 4.10. The number of hydrogen-bond donors (Lipinski definition) is 4. The Morgan fingerprint density at radius 1 is 0.842 bits per heavy atom. The predicted octanol–water partition coefficient (Wildman–Crippen LogP) is 8.23. The lowest BCUT2D eigenvalue weighted by Crippen LogP contribution is -2.15. The van der Waals surface area contributed by atoms with Crippen LogP contribution in [-0.4, -0.2) is 22.4 Å². The Balaban J connectivity index is 1.14. The van der Waals surface area contributed by atoms with Gasteiger partial charge in [0, 0.05) is 30.5 Å². The van der Waals surface area contributed by atoms with Gasteiger partial charge >= 0.3 is 0 Å². The summed E-state index contributed by atoms with van der Waals surface area (Å²) in [6.07, 6.45) is 2.57. The fourth-order valence-corrected chi connectivity index (χ4v) is 5.65. The highest BCUT2D eigenvalue weighted by Gasteiger charge is 2.14. The van der Waals surface area contributed by atoms with E-state index < -0.39 is 0 Å². The average molecular weight is 548 g/mol. The molecule has 0 bridgehead atoms. The molecule has 11 heteroatoms. The maximum atomic E-state index is 4.41. The molecule has 0 unspecified atom stereocenters. The van der Waals surface area contributed by atoms with E-state index in [2.05, 4.69) is 91.2 Å². The number of anilines is 5. The van der Waals surface area contributed by atoms with Gasteiger partial charge in [0.2, 0.25) is 5.13 Å². The maximum Gasteiger partial charge on any atom is 0.249 e. The second kappa shape index (κ2) is 11.8. The molecule has 5 rings (SSSR count). The van der Waals surface area contributed by atoms with E-state index in [1.54, 1.807) is 11.3 Å². The van der Waals surface area contributed by atoms with Crippen LogP contribution in [0.4, 0.5) is 37.9 Å². The van der Waals surface area contributed by atoms with Gasteiger partial charge in [0.25, 0.3) is 0 Å². The molecule has 0 spiro atoms. The number of aryl methyl sites for hydroxylation is 2. The molecule has 2 aromatic heterocycles. The van der Waals surface area contributed by atoms with Crippen LogP contribution in [0.25, 0.3) is 0 Å². The van der Waals surface area contributed by atoms with Crippen molar-refractivity contribution in [1.82, 2.24) is 9.36 Å². The fraction of sp³-hybridized carbons (Fsp3) is 0.333. The van der Waals surface area contributed by atoms with E-state index in [1.807, 2.05) is 31.2 Å². The topological polar surface area (TPSA) is 102 Å². The summed E-state index contributed by atoms with van der Waals surface area (Å²) in [5.74, 6) is 1.08. The normalized spacial score (nSPS) is 13.4. The average Bonchev–Trinajstić information content (AvgIpc) is 3.68. The van der Waals surface area contributed by atoms with E-state index in [1.165, 1.54) is 29.4 Å². The third-order valence-electron chi connectivity index (χ3n) is 6.29. The molecule has 38 heavy (non-hydrogen) atoms. The number of hydrazine groups is 2. The summed E-state index contributed by atoms with van der Waals surface area (Å²) in [5, 5.41) is 11.6. The maximum absolute atomic E-state index is 4.41. The Bertz CT molecular complexity index is 1400. The predicted molar refractivity (Wildman–Crippen MR) is 161 cm³/mol. The summed E-state index contributed by atoms with van der Waals surface area (Å²) in [7, 11) is 0. The first-order chi connectivity index (χ1) is 18.4. The van der Waals surface area contributed by atoms with E-state index in [0.29, 0.717) is 5.13 Å². The molecule has 2 aromatic carbocycles. The number of benzene rings is 2. The first-order valence-electron chi connectivity index (χ1n) is 12.8. The number of aromatic nitrogens is 2. The van der Waals surface area contributed by atoms with Crippen LogP contribution in [0.3, 0.4) is 0 Å². The lowest BCUT2D eigenvalue weighted by atomic mass is 10.2. The highest BCUT2D eigenvalue weighted by atomic mass is 32.1. The van der Waals surface area contributed by atoms with Crippen LogP contribution in [0.5, 0.6) is 0 Å². The van der Waals surface area contributed by atoms with Gasteiger partial charge < -0.3 is 21.2 Å². The Morgan fingerprint density at radius 2 is 1.58 bits per heavy atom. The first kappa shape index (κ1) is 25.9. The second-order valence-corrected chi connectivity index (χ2v) is 11.4. The lowest BCUT2D eigenvalue weighted by molar-refractivity contribution is 0.798. The van der Waals surface area contributed by atoms with E-state index in [0.717, 1.165) is 57.8 Å². The van der Waals surface area contributed by atoms with Crippen LogP contribution in [-0.2, 0) is 0 Å². The molecule has 0 atom stereocenters.